The number of β-amino-alcohol motifs (C(OH)–C–C–N with tert-alkyl or cyclic N) is 1. The van der Waals surface area contributed by atoms with Crippen LogP contribution >= 0.6 is 0 Å². The van der Waals surface area contributed by atoms with Crippen LogP contribution in [0.25, 0.3) is 5.69 Å². The third-order valence-corrected chi connectivity index (χ3v) is 6.18. The number of aliphatic hydroxyl groups is 1. The molecule has 3 aromatic rings. The van der Waals surface area contributed by atoms with E-state index in [9.17, 15) is 9.50 Å². The Morgan fingerprint density at radius 1 is 1.14 bits per heavy atom. The Morgan fingerprint density at radius 3 is 2.64 bits per heavy atom. The molecule has 0 radical (unpaired) electrons. The fourth-order valence-corrected chi connectivity index (χ4v) is 4.33. The number of para-hydroxylation sites is 1. The summed E-state index contributed by atoms with van der Waals surface area (Å²) in [6, 6.07) is 15.8. The van der Waals surface area contributed by atoms with Gasteiger partial charge in [0.15, 0.2) is 0 Å². The molecule has 1 atom stereocenters. The lowest BCUT2D eigenvalue weighted by Gasteiger charge is -2.31. The van der Waals surface area contributed by atoms with E-state index in [1.807, 2.05) is 37.3 Å². The number of halogens is 1. The number of ether oxygens (including phenoxy) is 3. The van der Waals surface area contributed by atoms with E-state index in [4.69, 9.17) is 19.3 Å². The number of aromatic nitrogens is 2. The highest BCUT2D eigenvalue weighted by Crippen LogP contribution is 2.32. The first kappa shape index (κ1) is 26.2. The number of hydrogen-bond acceptors (Lipinski definition) is 7. The first-order chi connectivity index (χ1) is 17.5. The Kier molecular flexibility index (Phi) is 9.43. The third kappa shape index (κ3) is 7.11. The number of methoxy groups -OCH3 is 1. The van der Waals surface area contributed by atoms with Gasteiger partial charge < -0.3 is 19.3 Å². The van der Waals surface area contributed by atoms with E-state index in [-0.39, 0.29) is 5.82 Å². The van der Waals surface area contributed by atoms with E-state index in [0.29, 0.717) is 57.6 Å². The van der Waals surface area contributed by atoms with Crippen molar-refractivity contribution in [3.8, 4) is 17.3 Å². The normalized spacial score (nSPS) is 15.4. The van der Waals surface area contributed by atoms with Crippen molar-refractivity contribution in [2.45, 2.75) is 19.6 Å². The molecule has 1 aliphatic heterocycles. The van der Waals surface area contributed by atoms with Crippen LogP contribution in [-0.4, -0.2) is 90.4 Å². The Morgan fingerprint density at radius 2 is 1.92 bits per heavy atom. The Balaban J connectivity index is 1.59. The van der Waals surface area contributed by atoms with Crippen molar-refractivity contribution in [2.24, 2.45) is 0 Å². The molecule has 1 fully saturated rings. The van der Waals surface area contributed by atoms with Gasteiger partial charge in [-0.2, -0.15) is 5.10 Å². The van der Waals surface area contributed by atoms with E-state index in [2.05, 4.69) is 9.80 Å². The summed E-state index contributed by atoms with van der Waals surface area (Å²) in [4.78, 5) is 4.37. The van der Waals surface area contributed by atoms with Crippen LogP contribution in [0.5, 0.6) is 11.6 Å². The van der Waals surface area contributed by atoms with Crippen molar-refractivity contribution in [1.82, 2.24) is 19.6 Å². The van der Waals surface area contributed by atoms with Gasteiger partial charge in [-0.05, 0) is 31.2 Å². The van der Waals surface area contributed by atoms with Crippen molar-refractivity contribution in [1.29, 1.82) is 0 Å². The second-order valence-electron chi connectivity index (χ2n) is 8.97. The molecule has 9 heteroatoms. The average molecular weight is 499 g/mol. The maximum absolute atomic E-state index is 13.9. The van der Waals surface area contributed by atoms with E-state index >= 15 is 0 Å². The number of nitrogens with zero attached hydrogens (tertiary/aromatic N) is 4. The lowest BCUT2D eigenvalue weighted by Crippen LogP contribution is -2.45. The molecule has 4 rings (SSSR count). The number of hydrogen-bond donors (Lipinski definition) is 1. The molecule has 2 aromatic carbocycles. The predicted octanol–water partition coefficient (Wildman–Crippen LogP) is 3.25. The fraction of sp³-hybridized carbons (Fsp3) is 0.444. The molecule has 0 aliphatic carbocycles. The molecular weight excluding hydrogens is 463 g/mol. The third-order valence-electron chi connectivity index (χ3n) is 6.18. The minimum atomic E-state index is -0.531. The van der Waals surface area contributed by atoms with Crippen molar-refractivity contribution >= 4 is 0 Å². The van der Waals surface area contributed by atoms with Gasteiger partial charge >= 0.3 is 0 Å². The molecule has 1 aromatic heterocycles. The largest absolute Gasteiger partial charge is 0.438 e. The van der Waals surface area contributed by atoms with Crippen molar-refractivity contribution in [3.63, 3.8) is 0 Å². The fourth-order valence-electron chi connectivity index (χ4n) is 4.33. The van der Waals surface area contributed by atoms with E-state index in [1.54, 1.807) is 23.9 Å². The Bertz CT molecular complexity index is 1090. The number of aliphatic hydroxyl groups excluding tert-OH is 1. The summed E-state index contributed by atoms with van der Waals surface area (Å²) in [5, 5.41) is 15.6. The lowest BCUT2D eigenvalue weighted by molar-refractivity contribution is 0.00431. The van der Waals surface area contributed by atoms with Gasteiger partial charge in [0.05, 0.1) is 42.9 Å². The monoisotopic (exact) mass is 498 g/mol. The van der Waals surface area contributed by atoms with Crippen LogP contribution in [0.1, 0.15) is 11.3 Å². The quantitative estimate of drug-likeness (QED) is 0.411. The van der Waals surface area contributed by atoms with Gasteiger partial charge in [0.1, 0.15) is 11.6 Å². The minimum absolute atomic E-state index is 0.371. The first-order valence-corrected chi connectivity index (χ1v) is 12.3. The summed E-state index contributed by atoms with van der Waals surface area (Å²) in [6.07, 6.45) is -0.531. The zero-order chi connectivity index (χ0) is 25.3. The van der Waals surface area contributed by atoms with Crippen LogP contribution in [0.15, 0.2) is 54.6 Å². The van der Waals surface area contributed by atoms with Crippen LogP contribution in [0.3, 0.4) is 0 Å². The summed E-state index contributed by atoms with van der Waals surface area (Å²) < 4.78 is 32.7. The molecule has 1 aliphatic rings. The SMILES string of the molecule is COCCN(Cc1c(C)nn(-c2ccccc2)c1Oc1cccc(F)c1)C[C@H](O)CN1CCOCC1. The maximum atomic E-state index is 13.9. The second kappa shape index (κ2) is 12.9. The van der Waals surface area contributed by atoms with Crippen LogP contribution in [-0.2, 0) is 16.0 Å². The lowest BCUT2D eigenvalue weighted by atomic mass is 10.2. The zero-order valence-corrected chi connectivity index (χ0v) is 21.0. The van der Waals surface area contributed by atoms with Crippen molar-refractivity contribution in [2.75, 3.05) is 59.7 Å². The highest BCUT2D eigenvalue weighted by atomic mass is 19.1. The first-order valence-electron chi connectivity index (χ1n) is 12.3. The average Bonchev–Trinajstić information content (AvgIpc) is 3.18. The van der Waals surface area contributed by atoms with Gasteiger partial charge in [0, 0.05) is 52.4 Å². The van der Waals surface area contributed by atoms with E-state index < -0.39 is 6.10 Å². The number of morpholine rings is 1. The number of rotatable bonds is 12. The van der Waals surface area contributed by atoms with Gasteiger partial charge in [-0.3, -0.25) is 9.80 Å². The topological polar surface area (TPSA) is 72.2 Å². The number of aryl methyl sites for hydroxylation is 1. The molecule has 194 valence electrons. The summed E-state index contributed by atoms with van der Waals surface area (Å²) in [7, 11) is 1.67. The summed E-state index contributed by atoms with van der Waals surface area (Å²) in [5.74, 6) is 0.544. The Hall–Kier alpha value is -2.82. The molecule has 0 saturated carbocycles. The molecule has 8 nitrogen and oxygen atoms in total. The standard InChI is InChI=1S/C27H35FN4O4/c1-21-26(20-31(11-14-34-2)19-24(33)18-30-12-15-35-16-13-30)27(36-25-10-6-7-22(28)17-25)32(29-21)23-8-4-3-5-9-23/h3-10,17,24,33H,11-16,18-20H2,1-2H3/t24-/m1/s1. The highest BCUT2D eigenvalue weighted by Gasteiger charge is 2.24. The molecule has 36 heavy (non-hydrogen) atoms. The highest BCUT2D eigenvalue weighted by molar-refractivity contribution is 5.43. The molecule has 0 amide bonds. The molecular formula is C27H35FN4O4. The molecule has 0 spiro atoms. The van der Waals surface area contributed by atoms with Crippen LogP contribution < -0.4 is 4.74 Å². The van der Waals surface area contributed by atoms with E-state index in [0.717, 1.165) is 30.0 Å². The minimum Gasteiger partial charge on any atom is -0.438 e. The van der Waals surface area contributed by atoms with E-state index in [1.165, 1.54) is 12.1 Å². The summed E-state index contributed by atoms with van der Waals surface area (Å²) >= 11 is 0. The van der Waals surface area contributed by atoms with Gasteiger partial charge in [-0.25, -0.2) is 9.07 Å². The van der Waals surface area contributed by atoms with Crippen LogP contribution in [0.4, 0.5) is 4.39 Å². The molecule has 1 saturated heterocycles. The van der Waals surface area contributed by atoms with Crippen molar-refractivity contribution in [3.05, 3.63) is 71.7 Å². The van der Waals surface area contributed by atoms with Crippen LogP contribution in [0.2, 0.25) is 0 Å². The molecule has 0 bridgehead atoms. The van der Waals surface area contributed by atoms with Gasteiger partial charge in [-0.15, -0.1) is 0 Å². The smallest absolute Gasteiger partial charge is 0.227 e. The second-order valence-corrected chi connectivity index (χ2v) is 8.97. The zero-order valence-electron chi connectivity index (χ0n) is 21.0. The molecule has 1 N–H and O–H groups in total. The maximum Gasteiger partial charge on any atom is 0.227 e. The van der Waals surface area contributed by atoms with Gasteiger partial charge in [0.2, 0.25) is 5.88 Å². The molecule has 0 unspecified atom stereocenters. The van der Waals surface area contributed by atoms with Gasteiger partial charge in [-0.1, -0.05) is 24.3 Å². The predicted molar refractivity (Wildman–Crippen MR) is 135 cm³/mol. The van der Waals surface area contributed by atoms with Gasteiger partial charge in [0.25, 0.3) is 0 Å². The number of benzene rings is 2. The summed E-state index contributed by atoms with van der Waals surface area (Å²) in [5.41, 5.74) is 2.52. The molecule has 2 heterocycles. The van der Waals surface area contributed by atoms with Crippen molar-refractivity contribution < 1.29 is 23.7 Å². The van der Waals surface area contributed by atoms with Crippen LogP contribution in [0, 0.1) is 12.7 Å². The summed E-state index contributed by atoms with van der Waals surface area (Å²) in [6.45, 7) is 7.67. The Labute approximate surface area is 211 Å².